The maximum Gasteiger partial charge on any atom is 0.350 e. The zero-order chi connectivity index (χ0) is 17.7. The number of nitrogens with zero attached hydrogens (tertiary/aromatic N) is 6. The second-order valence-electron chi connectivity index (χ2n) is 7.22. The molecule has 132 valence electrons. The van der Waals surface area contributed by atoms with Crippen molar-refractivity contribution in [1.82, 2.24) is 24.4 Å². The predicted octanol–water partition coefficient (Wildman–Crippen LogP) is 0.718. The summed E-state index contributed by atoms with van der Waals surface area (Å²) in [6, 6.07) is 3.09. The van der Waals surface area contributed by atoms with Crippen molar-refractivity contribution in [2.45, 2.75) is 51.2 Å². The molecule has 2 fully saturated rings. The van der Waals surface area contributed by atoms with E-state index >= 15 is 0 Å². The molecule has 3 heterocycles. The summed E-state index contributed by atoms with van der Waals surface area (Å²) in [5.41, 5.74) is 1.26. The molecular formula is C17H23N7O. The van der Waals surface area contributed by atoms with Crippen molar-refractivity contribution in [2.24, 2.45) is 7.05 Å². The van der Waals surface area contributed by atoms with Crippen molar-refractivity contribution in [2.75, 3.05) is 18.0 Å². The van der Waals surface area contributed by atoms with Gasteiger partial charge in [-0.1, -0.05) is 0 Å². The molecule has 2 atom stereocenters. The molecule has 8 heteroatoms. The molecule has 0 unspecified atom stereocenters. The number of nitrogens with one attached hydrogen (secondary N) is 1. The highest BCUT2D eigenvalue weighted by molar-refractivity contribution is 5.85. The first-order valence-electron chi connectivity index (χ1n) is 8.86. The Balaban J connectivity index is 1.96. The Morgan fingerprint density at radius 3 is 2.76 bits per heavy atom. The molecule has 2 aromatic rings. The number of hydrogen-bond donors (Lipinski definition) is 1. The zero-order valence-electron chi connectivity index (χ0n) is 14.9. The van der Waals surface area contributed by atoms with Crippen LogP contribution in [0, 0.1) is 11.3 Å². The fourth-order valence-electron chi connectivity index (χ4n) is 3.68. The van der Waals surface area contributed by atoms with Crippen LogP contribution in [-0.4, -0.2) is 44.3 Å². The third-order valence-electron chi connectivity index (χ3n) is 5.16. The van der Waals surface area contributed by atoms with Crippen LogP contribution in [0.4, 0.5) is 5.82 Å². The Hall–Kier alpha value is -2.40. The van der Waals surface area contributed by atoms with Gasteiger partial charge in [-0.05, 0) is 26.7 Å². The average molecular weight is 341 g/mol. The number of imidazole rings is 1. The van der Waals surface area contributed by atoms with Crippen molar-refractivity contribution in [3.05, 3.63) is 16.3 Å². The molecule has 0 amide bonds. The lowest BCUT2D eigenvalue weighted by atomic mass is 10.1. The molecule has 25 heavy (non-hydrogen) atoms. The lowest BCUT2D eigenvalue weighted by Crippen LogP contribution is -2.55. The number of piperazine rings is 1. The van der Waals surface area contributed by atoms with E-state index < -0.39 is 0 Å². The van der Waals surface area contributed by atoms with Crippen molar-refractivity contribution < 1.29 is 0 Å². The molecule has 0 radical (unpaired) electrons. The summed E-state index contributed by atoms with van der Waals surface area (Å²) in [5.74, 6) is 1.39. The van der Waals surface area contributed by atoms with E-state index in [0.717, 1.165) is 42.9 Å². The van der Waals surface area contributed by atoms with Crippen LogP contribution in [0.5, 0.6) is 0 Å². The first-order chi connectivity index (χ1) is 12.0. The average Bonchev–Trinajstić information content (AvgIpc) is 3.35. The van der Waals surface area contributed by atoms with E-state index in [2.05, 4.69) is 39.7 Å². The van der Waals surface area contributed by atoms with Crippen LogP contribution in [0.3, 0.4) is 0 Å². The Bertz CT molecular complexity index is 918. The third kappa shape index (κ3) is 2.59. The summed E-state index contributed by atoms with van der Waals surface area (Å²) >= 11 is 0. The van der Waals surface area contributed by atoms with Crippen LogP contribution >= 0.6 is 0 Å². The molecular weight excluding hydrogens is 318 g/mol. The lowest BCUT2D eigenvalue weighted by molar-refractivity contribution is 0.423. The molecule has 4 rings (SSSR count). The molecule has 1 saturated carbocycles. The van der Waals surface area contributed by atoms with Gasteiger partial charge in [0.25, 0.3) is 0 Å². The molecule has 0 aromatic carbocycles. The van der Waals surface area contributed by atoms with E-state index in [1.54, 1.807) is 11.6 Å². The van der Waals surface area contributed by atoms with Gasteiger partial charge >= 0.3 is 5.69 Å². The first-order valence-corrected chi connectivity index (χ1v) is 8.86. The fraction of sp³-hybridized carbons (Fsp3) is 0.647. The van der Waals surface area contributed by atoms with Gasteiger partial charge in [0.15, 0.2) is 5.82 Å². The molecule has 0 spiro atoms. The fourth-order valence-corrected chi connectivity index (χ4v) is 3.68. The number of fused-ring (bicyclic) bond motifs is 1. The standard InChI is InChI=1S/C17H23N7O/c1-10-9-23(11(2)8-19-10)15-14-16(22(3)17(25)21-15)24(12-4-5-12)13(20-14)6-7-18/h10-12,19H,4-6,8-9H2,1-3H3/t10-,11+/m1/s1. The van der Waals surface area contributed by atoms with Crippen LogP contribution in [-0.2, 0) is 13.5 Å². The summed E-state index contributed by atoms with van der Waals surface area (Å²) in [7, 11) is 1.74. The lowest BCUT2D eigenvalue weighted by Gasteiger charge is -2.38. The Kier molecular flexibility index (Phi) is 3.76. The van der Waals surface area contributed by atoms with Crippen LogP contribution in [0.2, 0.25) is 0 Å². The Labute approximate surface area is 146 Å². The van der Waals surface area contributed by atoms with Gasteiger partial charge in [0.2, 0.25) is 0 Å². The van der Waals surface area contributed by atoms with E-state index in [9.17, 15) is 10.1 Å². The van der Waals surface area contributed by atoms with E-state index in [0.29, 0.717) is 17.9 Å². The minimum atomic E-state index is -0.272. The van der Waals surface area contributed by atoms with Crippen LogP contribution in [0.15, 0.2) is 4.79 Å². The van der Waals surface area contributed by atoms with Gasteiger partial charge in [0.05, 0.1) is 12.5 Å². The maximum atomic E-state index is 12.6. The summed E-state index contributed by atoms with van der Waals surface area (Å²) in [5, 5.41) is 12.6. The van der Waals surface area contributed by atoms with Gasteiger partial charge in [-0.15, -0.1) is 0 Å². The smallest absolute Gasteiger partial charge is 0.349 e. The molecule has 1 aliphatic carbocycles. The van der Waals surface area contributed by atoms with Gasteiger partial charge in [-0.2, -0.15) is 10.2 Å². The first kappa shape index (κ1) is 16.1. The quantitative estimate of drug-likeness (QED) is 0.884. The molecule has 1 aliphatic heterocycles. The normalized spacial score (nSPS) is 23.8. The summed E-state index contributed by atoms with van der Waals surface area (Å²) in [6.45, 7) is 5.87. The van der Waals surface area contributed by atoms with Crippen molar-refractivity contribution >= 4 is 17.0 Å². The summed E-state index contributed by atoms with van der Waals surface area (Å²) in [6.07, 6.45) is 2.37. The van der Waals surface area contributed by atoms with Gasteiger partial charge in [-0.25, -0.2) is 9.78 Å². The summed E-state index contributed by atoms with van der Waals surface area (Å²) in [4.78, 5) is 23.8. The van der Waals surface area contributed by atoms with Crippen molar-refractivity contribution in [1.29, 1.82) is 5.26 Å². The SMILES string of the molecule is C[C@@H]1CN(c2nc(=O)n(C)c3c2nc(CC#N)n3C2CC2)[C@@H](C)CN1. The van der Waals surface area contributed by atoms with Gasteiger partial charge in [-0.3, -0.25) is 4.57 Å². The van der Waals surface area contributed by atoms with Gasteiger partial charge < -0.3 is 14.8 Å². The van der Waals surface area contributed by atoms with E-state index in [1.165, 1.54) is 0 Å². The van der Waals surface area contributed by atoms with Crippen molar-refractivity contribution in [3.8, 4) is 6.07 Å². The van der Waals surface area contributed by atoms with Crippen LogP contribution in [0.1, 0.15) is 38.6 Å². The predicted molar refractivity (Wildman–Crippen MR) is 94.6 cm³/mol. The molecule has 1 N–H and O–H groups in total. The maximum absolute atomic E-state index is 12.6. The van der Waals surface area contributed by atoms with Crippen LogP contribution in [0.25, 0.3) is 11.2 Å². The van der Waals surface area contributed by atoms with E-state index in [1.807, 2.05) is 0 Å². The van der Waals surface area contributed by atoms with Gasteiger partial charge in [0.1, 0.15) is 17.0 Å². The highest BCUT2D eigenvalue weighted by atomic mass is 16.1. The number of anilines is 1. The number of aromatic nitrogens is 4. The molecule has 2 aliphatic rings. The molecule has 1 saturated heterocycles. The highest BCUT2D eigenvalue weighted by Crippen LogP contribution is 2.39. The summed E-state index contributed by atoms with van der Waals surface area (Å²) < 4.78 is 3.66. The third-order valence-corrected chi connectivity index (χ3v) is 5.16. The van der Waals surface area contributed by atoms with Gasteiger partial charge in [0, 0.05) is 38.3 Å². The number of nitriles is 1. The topological polar surface area (TPSA) is 91.8 Å². The number of hydrogen-bond acceptors (Lipinski definition) is 6. The Morgan fingerprint density at radius 1 is 1.32 bits per heavy atom. The number of aryl methyl sites for hydroxylation is 1. The van der Waals surface area contributed by atoms with Crippen LogP contribution < -0.4 is 15.9 Å². The monoisotopic (exact) mass is 341 g/mol. The van der Waals surface area contributed by atoms with E-state index in [-0.39, 0.29) is 18.2 Å². The zero-order valence-corrected chi connectivity index (χ0v) is 14.9. The second-order valence-corrected chi connectivity index (χ2v) is 7.22. The highest BCUT2D eigenvalue weighted by Gasteiger charge is 2.33. The minimum Gasteiger partial charge on any atom is -0.349 e. The van der Waals surface area contributed by atoms with Crippen molar-refractivity contribution in [3.63, 3.8) is 0 Å². The number of rotatable bonds is 3. The minimum absolute atomic E-state index is 0.226. The molecule has 0 bridgehead atoms. The van der Waals surface area contributed by atoms with E-state index in [4.69, 9.17) is 4.98 Å². The molecule has 8 nitrogen and oxygen atoms in total. The molecule has 2 aromatic heterocycles. The second kappa shape index (κ2) is 5.85. The largest absolute Gasteiger partial charge is 0.350 e. The Morgan fingerprint density at radius 2 is 2.08 bits per heavy atom.